The summed E-state index contributed by atoms with van der Waals surface area (Å²) in [5, 5.41) is 13.0. The number of cyclic esters (lactones) is 1. The van der Waals surface area contributed by atoms with E-state index in [4.69, 9.17) is 15.2 Å². The van der Waals surface area contributed by atoms with Gasteiger partial charge >= 0.3 is 12.1 Å². The maximum absolute atomic E-state index is 15.0. The molecule has 1 aliphatic heterocycles. The molecule has 1 atom stereocenters. The molecule has 1 aromatic carbocycles. The minimum absolute atomic E-state index is 0.119. The van der Waals surface area contributed by atoms with Crippen molar-refractivity contribution in [3.63, 3.8) is 0 Å². The summed E-state index contributed by atoms with van der Waals surface area (Å²) in [4.78, 5) is 40.2. The van der Waals surface area contributed by atoms with Crippen molar-refractivity contribution in [2.75, 3.05) is 24.5 Å². The number of carbonyl (C=O) groups is 3. The second-order valence-corrected chi connectivity index (χ2v) is 7.63. The van der Waals surface area contributed by atoms with Gasteiger partial charge in [0.1, 0.15) is 29.9 Å². The number of benzene rings is 1. The number of nitrogens with zero attached hydrogens (tertiary/aromatic N) is 4. The molecule has 0 bridgehead atoms. The molecule has 4 rings (SSSR count). The van der Waals surface area contributed by atoms with Crippen LogP contribution in [0.1, 0.15) is 12.6 Å². The fourth-order valence-electron chi connectivity index (χ4n) is 3.46. The Balaban J connectivity index is 1.47. The third-order valence-electron chi connectivity index (χ3n) is 5.19. The topological polar surface area (TPSA) is 165 Å². The third-order valence-corrected chi connectivity index (χ3v) is 5.19. The number of pyridine rings is 1. The molecule has 1 saturated heterocycles. The van der Waals surface area contributed by atoms with Gasteiger partial charge in [-0.2, -0.15) is 15.4 Å². The highest BCUT2D eigenvalue weighted by atomic mass is 19.1. The highest BCUT2D eigenvalue weighted by Gasteiger charge is 2.32. The summed E-state index contributed by atoms with van der Waals surface area (Å²) in [6, 6.07) is 7.70. The Labute approximate surface area is 198 Å². The van der Waals surface area contributed by atoms with Gasteiger partial charge in [-0.05, 0) is 24.3 Å². The number of anilines is 1. The second kappa shape index (κ2) is 10.3. The third kappa shape index (κ3) is 5.41. The van der Waals surface area contributed by atoms with Gasteiger partial charge in [0.15, 0.2) is 0 Å². The fourth-order valence-corrected chi connectivity index (χ4v) is 3.46. The lowest BCUT2D eigenvalue weighted by Gasteiger charge is -2.14. The Kier molecular flexibility index (Phi) is 6.96. The summed E-state index contributed by atoms with van der Waals surface area (Å²) < 4.78 is 25.2. The number of ether oxygens (including phenoxy) is 2. The largest absolute Gasteiger partial charge is 0.458 e. The van der Waals surface area contributed by atoms with Crippen molar-refractivity contribution in [3.8, 4) is 22.5 Å². The van der Waals surface area contributed by atoms with Gasteiger partial charge in [-0.1, -0.05) is 6.07 Å². The second-order valence-electron chi connectivity index (χ2n) is 7.63. The number of nitrogens with one attached hydrogen (secondary N) is 2. The van der Waals surface area contributed by atoms with E-state index in [9.17, 15) is 18.8 Å². The van der Waals surface area contributed by atoms with E-state index in [1.54, 1.807) is 24.3 Å². The van der Waals surface area contributed by atoms with Crippen molar-refractivity contribution >= 4 is 23.7 Å². The van der Waals surface area contributed by atoms with Gasteiger partial charge in [0, 0.05) is 24.2 Å². The first kappa shape index (κ1) is 23.8. The molecular formula is C22H22FN7O5. The molecule has 0 unspecified atom stereocenters. The van der Waals surface area contributed by atoms with Gasteiger partial charge in [-0.3, -0.25) is 19.5 Å². The van der Waals surface area contributed by atoms with Crippen LogP contribution in [0.5, 0.6) is 0 Å². The standard InChI is InChI=1S/C22H22FN7O5/c1-12(31)25-9-15-10-30(22(33)35-15)14-3-4-16(17(23)6-14)13-2-5-18(26-8-13)21-19(27-29-28-21)11-34-20(32)7-24/h2-6,8,15H,7,9-11,24H2,1H3,(H,25,31)(H,27,28,29)/t15-/m0/s1. The van der Waals surface area contributed by atoms with Gasteiger partial charge in [0.25, 0.3) is 0 Å². The van der Waals surface area contributed by atoms with E-state index in [1.807, 2.05) is 0 Å². The normalized spacial score (nSPS) is 15.1. The number of carbonyl (C=O) groups excluding carboxylic acids is 3. The van der Waals surface area contributed by atoms with E-state index in [-0.39, 0.29) is 37.7 Å². The van der Waals surface area contributed by atoms with Crippen LogP contribution in [0.4, 0.5) is 14.9 Å². The molecule has 182 valence electrons. The average Bonchev–Trinajstić information content (AvgIpc) is 3.47. The van der Waals surface area contributed by atoms with Crippen molar-refractivity contribution in [1.82, 2.24) is 25.7 Å². The Morgan fingerprint density at radius 2 is 2.14 bits per heavy atom. The zero-order valence-corrected chi connectivity index (χ0v) is 18.7. The fraction of sp³-hybridized carbons (Fsp3) is 0.273. The van der Waals surface area contributed by atoms with Gasteiger partial charge < -0.3 is 20.5 Å². The van der Waals surface area contributed by atoms with Crippen LogP contribution < -0.4 is 16.0 Å². The minimum Gasteiger partial charge on any atom is -0.458 e. The summed E-state index contributed by atoms with van der Waals surface area (Å²) in [7, 11) is 0. The molecule has 3 heterocycles. The number of hydrogen-bond donors (Lipinski definition) is 3. The van der Waals surface area contributed by atoms with Crippen molar-refractivity contribution in [3.05, 3.63) is 48.0 Å². The summed E-state index contributed by atoms with van der Waals surface area (Å²) in [6.07, 6.45) is 0.343. The summed E-state index contributed by atoms with van der Waals surface area (Å²) >= 11 is 0. The zero-order valence-electron chi connectivity index (χ0n) is 18.7. The van der Waals surface area contributed by atoms with Crippen LogP contribution in [-0.2, 0) is 25.7 Å². The Morgan fingerprint density at radius 1 is 1.31 bits per heavy atom. The summed E-state index contributed by atoms with van der Waals surface area (Å²) in [5.74, 6) is -1.36. The smallest absolute Gasteiger partial charge is 0.414 e. The first-order valence-electron chi connectivity index (χ1n) is 10.6. The van der Waals surface area contributed by atoms with Crippen LogP contribution in [0.3, 0.4) is 0 Å². The van der Waals surface area contributed by atoms with Crippen LogP contribution in [0.2, 0.25) is 0 Å². The number of rotatable bonds is 8. The molecule has 0 saturated carbocycles. The number of hydrogen-bond acceptors (Lipinski definition) is 9. The lowest BCUT2D eigenvalue weighted by molar-refractivity contribution is -0.143. The molecule has 35 heavy (non-hydrogen) atoms. The monoisotopic (exact) mass is 483 g/mol. The molecule has 13 heteroatoms. The van der Waals surface area contributed by atoms with E-state index in [0.717, 1.165) is 0 Å². The Morgan fingerprint density at radius 3 is 2.83 bits per heavy atom. The Hall–Kier alpha value is -4.39. The molecule has 1 aliphatic rings. The molecule has 3 aromatic rings. The molecule has 4 N–H and O–H groups in total. The van der Waals surface area contributed by atoms with Gasteiger partial charge in [0.2, 0.25) is 5.91 Å². The lowest BCUT2D eigenvalue weighted by atomic mass is 10.1. The van der Waals surface area contributed by atoms with Crippen molar-refractivity contribution < 1.29 is 28.2 Å². The van der Waals surface area contributed by atoms with Gasteiger partial charge in [-0.25, -0.2) is 9.18 Å². The summed E-state index contributed by atoms with van der Waals surface area (Å²) in [5.41, 5.74) is 7.56. The van der Waals surface area contributed by atoms with E-state index >= 15 is 0 Å². The molecule has 1 fully saturated rings. The highest BCUT2D eigenvalue weighted by Crippen LogP contribution is 2.30. The van der Waals surface area contributed by atoms with Crippen LogP contribution in [-0.4, -0.2) is 64.1 Å². The number of H-pyrrole nitrogens is 1. The van der Waals surface area contributed by atoms with Crippen molar-refractivity contribution in [2.45, 2.75) is 19.6 Å². The predicted molar refractivity (Wildman–Crippen MR) is 120 cm³/mol. The molecule has 12 nitrogen and oxygen atoms in total. The molecule has 0 aliphatic carbocycles. The maximum atomic E-state index is 15.0. The van der Waals surface area contributed by atoms with Crippen LogP contribution in [0, 0.1) is 5.82 Å². The quantitative estimate of drug-likeness (QED) is 0.398. The SMILES string of the molecule is CC(=O)NC[C@H]1CN(c2ccc(-c3ccc(-c4n[nH]nc4COC(=O)CN)nc3)c(F)c2)C(=O)O1. The first-order valence-corrected chi connectivity index (χ1v) is 10.6. The molecule has 2 amide bonds. The first-order chi connectivity index (χ1) is 16.9. The average molecular weight is 483 g/mol. The maximum Gasteiger partial charge on any atom is 0.414 e. The number of halogens is 1. The van der Waals surface area contributed by atoms with E-state index in [1.165, 1.54) is 24.1 Å². The molecule has 0 spiro atoms. The van der Waals surface area contributed by atoms with Gasteiger partial charge in [0.05, 0.1) is 31.0 Å². The lowest BCUT2D eigenvalue weighted by Crippen LogP contribution is -2.33. The number of amides is 2. The minimum atomic E-state index is -0.612. The molecule has 0 radical (unpaired) electrons. The van der Waals surface area contributed by atoms with Crippen LogP contribution in [0.25, 0.3) is 22.5 Å². The zero-order chi connectivity index (χ0) is 24.9. The summed E-state index contributed by atoms with van der Waals surface area (Å²) in [6.45, 7) is 1.37. The van der Waals surface area contributed by atoms with E-state index < -0.39 is 24.0 Å². The van der Waals surface area contributed by atoms with Crippen LogP contribution >= 0.6 is 0 Å². The predicted octanol–water partition coefficient (Wildman–Crippen LogP) is 1.14. The molecular weight excluding hydrogens is 461 g/mol. The van der Waals surface area contributed by atoms with Crippen LogP contribution in [0.15, 0.2) is 36.5 Å². The van der Waals surface area contributed by atoms with Crippen molar-refractivity contribution in [2.24, 2.45) is 5.73 Å². The van der Waals surface area contributed by atoms with E-state index in [2.05, 4.69) is 25.7 Å². The van der Waals surface area contributed by atoms with E-state index in [0.29, 0.717) is 28.3 Å². The number of aromatic amines is 1. The number of esters is 1. The highest BCUT2D eigenvalue weighted by molar-refractivity contribution is 5.90. The van der Waals surface area contributed by atoms with Gasteiger partial charge in [-0.15, -0.1) is 0 Å². The number of aromatic nitrogens is 4. The van der Waals surface area contributed by atoms with Crippen molar-refractivity contribution in [1.29, 1.82) is 0 Å². The number of nitrogens with two attached hydrogens (primary N) is 1. The Bertz CT molecular complexity index is 1250. The molecule has 2 aromatic heterocycles.